The van der Waals surface area contributed by atoms with Gasteiger partial charge in [-0.2, -0.15) is 17.6 Å². The lowest BCUT2D eigenvalue weighted by atomic mass is 10.00. The van der Waals surface area contributed by atoms with Crippen LogP contribution in [0.25, 0.3) is 22.4 Å². The van der Waals surface area contributed by atoms with E-state index in [1.165, 1.54) is 12.1 Å². The number of rotatable bonds is 6. The van der Waals surface area contributed by atoms with Gasteiger partial charge in [0.1, 0.15) is 12.4 Å². The van der Waals surface area contributed by atoms with Gasteiger partial charge in [-0.05, 0) is 41.5 Å². The molecule has 0 unspecified atom stereocenters. The number of halogens is 3. The summed E-state index contributed by atoms with van der Waals surface area (Å²) in [5.74, 6) is 0.270. The molecular weight excluding hydrogens is 454 g/mol. The van der Waals surface area contributed by atoms with E-state index >= 15 is 0 Å². The second-order valence-corrected chi connectivity index (χ2v) is 7.97. The van der Waals surface area contributed by atoms with Crippen LogP contribution in [-0.4, -0.2) is 9.97 Å². The molecule has 31 heavy (non-hydrogen) atoms. The Hall–Kier alpha value is -2.60. The van der Waals surface area contributed by atoms with Crippen LogP contribution >= 0.6 is 35.8 Å². The highest BCUT2D eigenvalue weighted by molar-refractivity contribution is 7.79. The molecule has 0 spiro atoms. The molecule has 0 N–H and O–H groups in total. The number of ether oxygens (including phenoxy) is 1. The Balaban J connectivity index is 1.73. The van der Waals surface area contributed by atoms with Crippen molar-refractivity contribution in [3.63, 3.8) is 0 Å². The summed E-state index contributed by atoms with van der Waals surface area (Å²) in [6.07, 6.45) is 1.68. The normalized spacial score (nSPS) is 10.8. The third kappa shape index (κ3) is 5.18. The smallest absolute Gasteiger partial charge is 0.317 e. The van der Waals surface area contributed by atoms with Gasteiger partial charge in [-0.3, -0.25) is 0 Å². The summed E-state index contributed by atoms with van der Waals surface area (Å²) in [5.41, 5.74) is 4.75. The predicted molar refractivity (Wildman–Crippen MR) is 126 cm³/mol. The van der Waals surface area contributed by atoms with E-state index in [1.54, 1.807) is 30.5 Å². The van der Waals surface area contributed by atoms with Gasteiger partial charge in [0.25, 0.3) is 0 Å². The number of nitrogens with zero attached hydrogens (tertiary/aromatic N) is 2. The van der Waals surface area contributed by atoms with Crippen LogP contribution in [-0.2, 0) is 12.4 Å². The standard InChI is InChI=1S/C24H17Cl2FN2OS/c25-18-7-5-17(6-8-18)23-21(20-9-4-16(14-31)11-22(20)26)12-28-24(29-23)30-13-15-2-1-3-19(27)10-15/h1-12,31H,13-14H2. The average molecular weight is 471 g/mol. The first-order chi connectivity index (χ1) is 15.0. The summed E-state index contributed by atoms with van der Waals surface area (Å²) in [4.78, 5) is 8.98. The Kier molecular flexibility index (Phi) is 6.76. The molecular formula is C24H17Cl2FN2OS. The molecule has 0 atom stereocenters. The molecule has 156 valence electrons. The maximum atomic E-state index is 13.4. The van der Waals surface area contributed by atoms with Crippen LogP contribution < -0.4 is 4.74 Å². The van der Waals surface area contributed by atoms with Crippen molar-refractivity contribution in [3.8, 4) is 28.4 Å². The highest BCUT2D eigenvalue weighted by atomic mass is 35.5. The number of thiol groups is 1. The summed E-state index contributed by atoms with van der Waals surface area (Å²) in [7, 11) is 0. The summed E-state index contributed by atoms with van der Waals surface area (Å²) in [5, 5.41) is 1.21. The zero-order chi connectivity index (χ0) is 21.8. The summed E-state index contributed by atoms with van der Waals surface area (Å²) in [6, 6.07) is 19.5. The molecule has 0 amide bonds. The molecule has 3 nitrogen and oxygen atoms in total. The lowest BCUT2D eigenvalue weighted by Gasteiger charge is -2.13. The van der Waals surface area contributed by atoms with Crippen LogP contribution in [0.3, 0.4) is 0 Å². The van der Waals surface area contributed by atoms with Crippen molar-refractivity contribution < 1.29 is 9.13 Å². The van der Waals surface area contributed by atoms with E-state index in [2.05, 4.69) is 22.6 Å². The third-order valence-electron chi connectivity index (χ3n) is 4.65. The van der Waals surface area contributed by atoms with Crippen LogP contribution in [0.4, 0.5) is 4.39 Å². The minimum Gasteiger partial charge on any atom is -0.459 e. The fraction of sp³-hybridized carbons (Fsp3) is 0.0833. The minimum absolute atomic E-state index is 0.147. The monoisotopic (exact) mass is 470 g/mol. The maximum absolute atomic E-state index is 13.4. The van der Waals surface area contributed by atoms with Crippen LogP contribution in [0.2, 0.25) is 10.0 Å². The molecule has 0 aliphatic heterocycles. The van der Waals surface area contributed by atoms with Gasteiger partial charge in [-0.15, -0.1) is 0 Å². The van der Waals surface area contributed by atoms with E-state index in [9.17, 15) is 4.39 Å². The van der Waals surface area contributed by atoms with Crippen LogP contribution in [0.15, 0.2) is 72.9 Å². The molecule has 1 aromatic heterocycles. The van der Waals surface area contributed by atoms with E-state index in [4.69, 9.17) is 27.9 Å². The van der Waals surface area contributed by atoms with E-state index in [1.807, 2.05) is 30.3 Å². The zero-order valence-corrected chi connectivity index (χ0v) is 18.6. The highest BCUT2D eigenvalue weighted by Gasteiger charge is 2.15. The zero-order valence-electron chi connectivity index (χ0n) is 16.2. The molecule has 0 saturated heterocycles. The summed E-state index contributed by atoms with van der Waals surface area (Å²) < 4.78 is 19.2. The predicted octanol–water partition coefficient (Wildman–Crippen LogP) is 7.27. The fourth-order valence-corrected chi connectivity index (χ4v) is 3.74. The van der Waals surface area contributed by atoms with Crippen molar-refractivity contribution in [2.75, 3.05) is 0 Å². The molecule has 4 aromatic rings. The van der Waals surface area contributed by atoms with E-state index in [0.29, 0.717) is 27.1 Å². The summed E-state index contributed by atoms with van der Waals surface area (Å²) >= 11 is 16.9. The first kappa shape index (κ1) is 21.6. The first-order valence-electron chi connectivity index (χ1n) is 9.43. The molecule has 0 aliphatic carbocycles. The van der Waals surface area contributed by atoms with Crippen LogP contribution in [0.1, 0.15) is 11.1 Å². The number of hydrogen-bond donors (Lipinski definition) is 1. The van der Waals surface area contributed by atoms with E-state index in [0.717, 1.165) is 22.3 Å². The molecule has 0 radical (unpaired) electrons. The van der Waals surface area contributed by atoms with E-state index < -0.39 is 0 Å². The van der Waals surface area contributed by atoms with Crippen molar-refractivity contribution in [2.45, 2.75) is 12.4 Å². The summed E-state index contributed by atoms with van der Waals surface area (Å²) in [6.45, 7) is 0.147. The van der Waals surface area contributed by atoms with Crippen molar-refractivity contribution in [3.05, 3.63) is 99.9 Å². The fourth-order valence-electron chi connectivity index (χ4n) is 3.11. The minimum atomic E-state index is -0.321. The molecule has 1 heterocycles. The van der Waals surface area contributed by atoms with Crippen molar-refractivity contribution in [1.82, 2.24) is 9.97 Å². The Bertz CT molecular complexity index is 1220. The van der Waals surface area contributed by atoms with Crippen molar-refractivity contribution >= 4 is 35.8 Å². The van der Waals surface area contributed by atoms with E-state index in [-0.39, 0.29) is 18.4 Å². The van der Waals surface area contributed by atoms with Crippen LogP contribution in [0, 0.1) is 5.82 Å². The average Bonchev–Trinajstić information content (AvgIpc) is 2.78. The highest BCUT2D eigenvalue weighted by Crippen LogP contribution is 2.36. The Labute approximate surface area is 195 Å². The number of hydrogen-bond acceptors (Lipinski definition) is 4. The first-order valence-corrected chi connectivity index (χ1v) is 10.8. The van der Waals surface area contributed by atoms with Crippen molar-refractivity contribution in [2.24, 2.45) is 0 Å². The molecule has 7 heteroatoms. The van der Waals surface area contributed by atoms with Gasteiger partial charge < -0.3 is 4.74 Å². The molecule has 0 fully saturated rings. The Morgan fingerprint density at radius 3 is 2.42 bits per heavy atom. The molecule has 0 saturated carbocycles. The quantitative estimate of drug-likeness (QED) is 0.301. The Morgan fingerprint density at radius 1 is 0.903 bits per heavy atom. The molecule has 4 rings (SSSR count). The van der Waals surface area contributed by atoms with Gasteiger partial charge in [-0.25, -0.2) is 9.37 Å². The molecule has 0 aliphatic rings. The van der Waals surface area contributed by atoms with Gasteiger partial charge in [0.2, 0.25) is 0 Å². The molecule has 0 bridgehead atoms. The number of benzene rings is 3. The maximum Gasteiger partial charge on any atom is 0.317 e. The lowest BCUT2D eigenvalue weighted by molar-refractivity contribution is 0.280. The second kappa shape index (κ2) is 9.69. The third-order valence-corrected chi connectivity index (χ3v) is 5.58. The van der Waals surface area contributed by atoms with Gasteiger partial charge in [-0.1, -0.05) is 59.6 Å². The SMILES string of the molecule is Fc1cccc(COc2ncc(-c3ccc(CS)cc3Cl)c(-c3ccc(Cl)cc3)n2)c1. The van der Waals surface area contributed by atoms with Gasteiger partial charge in [0, 0.05) is 38.7 Å². The van der Waals surface area contributed by atoms with Crippen LogP contribution in [0.5, 0.6) is 6.01 Å². The Morgan fingerprint density at radius 2 is 1.71 bits per heavy atom. The topological polar surface area (TPSA) is 35.0 Å². The van der Waals surface area contributed by atoms with Gasteiger partial charge in [0.05, 0.1) is 5.69 Å². The second-order valence-electron chi connectivity index (χ2n) is 6.81. The van der Waals surface area contributed by atoms with Crippen molar-refractivity contribution in [1.29, 1.82) is 0 Å². The number of aromatic nitrogens is 2. The lowest BCUT2D eigenvalue weighted by Crippen LogP contribution is -2.02. The molecule has 3 aromatic carbocycles. The largest absolute Gasteiger partial charge is 0.459 e. The van der Waals surface area contributed by atoms with Gasteiger partial charge in [0.15, 0.2) is 0 Å². The van der Waals surface area contributed by atoms with Gasteiger partial charge >= 0.3 is 6.01 Å².